The number of thioether (sulfide) groups is 1. The molecule has 10 heteroatoms. The van der Waals surface area contributed by atoms with E-state index in [1.165, 1.54) is 24.3 Å². The Labute approximate surface area is 240 Å². The fourth-order valence-corrected chi connectivity index (χ4v) is 5.26. The second kappa shape index (κ2) is 11.7. The first-order valence-corrected chi connectivity index (χ1v) is 13.5. The maximum atomic E-state index is 13.1. The monoisotopic (exact) mass is 571 g/mol. The Bertz CT molecular complexity index is 1650. The van der Waals surface area contributed by atoms with Gasteiger partial charge >= 0.3 is 0 Å². The fraction of sp³-hybridized carbons (Fsp3) is 0.129. The maximum absolute atomic E-state index is 13.1. The van der Waals surface area contributed by atoms with Crippen molar-refractivity contribution in [2.45, 2.75) is 13.8 Å². The predicted molar refractivity (Wildman–Crippen MR) is 156 cm³/mol. The van der Waals surface area contributed by atoms with Gasteiger partial charge in [-0.1, -0.05) is 0 Å². The number of halogens is 1. The number of anilines is 1. The molecule has 5 rings (SSSR count). The predicted octanol–water partition coefficient (Wildman–Crippen LogP) is 6.71. The van der Waals surface area contributed by atoms with E-state index >= 15 is 0 Å². The second-order valence-electron chi connectivity index (χ2n) is 9.26. The lowest BCUT2D eigenvalue weighted by molar-refractivity contribution is -0.127. The summed E-state index contributed by atoms with van der Waals surface area (Å²) >= 11 is 0.787. The maximum Gasteiger partial charge on any atom is 0.294 e. The normalized spacial score (nSPS) is 14.0. The number of carbonyl (C=O) groups excluding carboxylic acids is 3. The van der Waals surface area contributed by atoms with Crippen molar-refractivity contribution >= 4 is 40.6 Å². The van der Waals surface area contributed by atoms with Gasteiger partial charge < -0.3 is 19.4 Å². The Morgan fingerprint density at radius 2 is 1.54 bits per heavy atom. The lowest BCUT2D eigenvalue weighted by Crippen LogP contribution is -2.36. The molecule has 3 amide bonds. The zero-order chi connectivity index (χ0) is 29.1. The van der Waals surface area contributed by atoms with Crippen molar-refractivity contribution in [2.75, 3.05) is 19.0 Å². The molecule has 4 aromatic rings. The fourth-order valence-electron chi connectivity index (χ4n) is 4.43. The zero-order valence-electron chi connectivity index (χ0n) is 22.5. The summed E-state index contributed by atoms with van der Waals surface area (Å²) in [6, 6.07) is 22.1. The summed E-state index contributed by atoms with van der Waals surface area (Å²) in [5.41, 5.74) is 3.88. The molecule has 0 radical (unpaired) electrons. The number of aromatic nitrogens is 1. The number of hydrogen-bond acceptors (Lipinski definition) is 6. The van der Waals surface area contributed by atoms with Crippen LogP contribution in [0.1, 0.15) is 17.0 Å². The second-order valence-corrected chi connectivity index (χ2v) is 10.2. The molecule has 8 nitrogen and oxygen atoms in total. The van der Waals surface area contributed by atoms with Gasteiger partial charge in [0.05, 0.1) is 12.0 Å². The standard InChI is InChI=1S/C31H26FN3O5S/c1-19-16-21(17-28-30(37)34(31(38)41-28)18-29(36)33-23-6-4-22(32)5-7-23)20(2)35(19)24-8-10-26(11-9-24)40-27-14-12-25(39-3)13-15-27/h4-17H,18H2,1-3H3,(H,33,36)/b28-17-. The molecule has 1 saturated heterocycles. The molecule has 1 aromatic heterocycles. The minimum absolute atomic E-state index is 0.230. The van der Waals surface area contributed by atoms with Crippen LogP contribution in [0.15, 0.2) is 83.8 Å². The summed E-state index contributed by atoms with van der Waals surface area (Å²) in [5, 5.41) is 2.03. The molecule has 1 aliphatic rings. The van der Waals surface area contributed by atoms with Crippen LogP contribution in [0.4, 0.5) is 14.9 Å². The van der Waals surface area contributed by atoms with Gasteiger partial charge in [0.15, 0.2) is 0 Å². The van der Waals surface area contributed by atoms with E-state index in [0.717, 1.165) is 45.1 Å². The van der Waals surface area contributed by atoms with Gasteiger partial charge in [0.1, 0.15) is 29.6 Å². The number of amides is 3. The number of nitrogens with one attached hydrogen (secondary N) is 1. The minimum Gasteiger partial charge on any atom is -0.497 e. The molecular weight excluding hydrogens is 545 g/mol. The lowest BCUT2D eigenvalue weighted by atomic mass is 10.2. The molecule has 41 heavy (non-hydrogen) atoms. The summed E-state index contributed by atoms with van der Waals surface area (Å²) in [6.07, 6.45) is 1.67. The van der Waals surface area contributed by atoms with Gasteiger partial charge in [-0.3, -0.25) is 19.3 Å². The molecule has 0 saturated carbocycles. The highest BCUT2D eigenvalue weighted by Gasteiger charge is 2.36. The first kappa shape index (κ1) is 27.7. The third-order valence-electron chi connectivity index (χ3n) is 6.45. The summed E-state index contributed by atoms with van der Waals surface area (Å²) in [7, 11) is 1.61. The molecule has 208 valence electrons. The van der Waals surface area contributed by atoms with Crippen molar-refractivity contribution in [2.24, 2.45) is 0 Å². The van der Waals surface area contributed by atoms with Crippen LogP contribution < -0.4 is 14.8 Å². The van der Waals surface area contributed by atoms with Gasteiger partial charge in [0, 0.05) is 22.8 Å². The van der Waals surface area contributed by atoms with Crippen LogP contribution in [-0.2, 0) is 9.59 Å². The number of benzene rings is 3. The minimum atomic E-state index is -0.558. The molecule has 1 fully saturated rings. The molecule has 2 heterocycles. The third kappa shape index (κ3) is 6.17. The van der Waals surface area contributed by atoms with E-state index < -0.39 is 29.4 Å². The largest absolute Gasteiger partial charge is 0.497 e. The Hall–Kier alpha value is -4.83. The van der Waals surface area contributed by atoms with Gasteiger partial charge in [0.2, 0.25) is 5.91 Å². The van der Waals surface area contributed by atoms with E-state index in [0.29, 0.717) is 17.2 Å². The van der Waals surface area contributed by atoms with Crippen molar-refractivity contribution in [3.8, 4) is 22.9 Å². The topological polar surface area (TPSA) is 89.9 Å². The number of ether oxygens (including phenoxy) is 2. The Balaban J connectivity index is 1.28. The van der Waals surface area contributed by atoms with Crippen molar-refractivity contribution < 1.29 is 28.2 Å². The molecule has 0 spiro atoms. The highest BCUT2D eigenvalue weighted by Crippen LogP contribution is 2.34. The lowest BCUT2D eigenvalue weighted by Gasteiger charge is -2.12. The summed E-state index contributed by atoms with van der Waals surface area (Å²) in [5.74, 6) is 0.583. The number of imide groups is 1. The van der Waals surface area contributed by atoms with Gasteiger partial charge in [0.25, 0.3) is 11.1 Å². The van der Waals surface area contributed by atoms with Crippen LogP contribution in [-0.4, -0.2) is 40.2 Å². The van der Waals surface area contributed by atoms with E-state index in [9.17, 15) is 18.8 Å². The number of aryl methyl sites for hydroxylation is 1. The van der Waals surface area contributed by atoms with Crippen molar-refractivity contribution in [1.82, 2.24) is 9.47 Å². The molecule has 1 N–H and O–H groups in total. The smallest absolute Gasteiger partial charge is 0.294 e. The van der Waals surface area contributed by atoms with E-state index in [4.69, 9.17) is 9.47 Å². The number of methoxy groups -OCH3 is 1. The average molecular weight is 572 g/mol. The van der Waals surface area contributed by atoms with Crippen LogP contribution in [0.25, 0.3) is 11.8 Å². The van der Waals surface area contributed by atoms with Gasteiger partial charge in [-0.05, 0) is 116 Å². The van der Waals surface area contributed by atoms with E-state index in [1.807, 2.05) is 73.0 Å². The number of rotatable bonds is 8. The van der Waals surface area contributed by atoms with Gasteiger partial charge in [-0.25, -0.2) is 4.39 Å². The zero-order valence-corrected chi connectivity index (χ0v) is 23.3. The van der Waals surface area contributed by atoms with Crippen molar-refractivity contribution in [1.29, 1.82) is 0 Å². The van der Waals surface area contributed by atoms with E-state index in [1.54, 1.807) is 13.2 Å². The number of nitrogens with zero attached hydrogens (tertiary/aromatic N) is 2. The average Bonchev–Trinajstić information content (AvgIpc) is 3.39. The molecule has 0 unspecified atom stereocenters. The van der Waals surface area contributed by atoms with Crippen LogP contribution in [0.2, 0.25) is 0 Å². The first-order chi connectivity index (χ1) is 19.7. The van der Waals surface area contributed by atoms with E-state index in [-0.39, 0.29) is 4.91 Å². The third-order valence-corrected chi connectivity index (χ3v) is 7.36. The van der Waals surface area contributed by atoms with Crippen molar-refractivity contribution in [3.05, 3.63) is 107 Å². The molecule has 3 aromatic carbocycles. The number of hydrogen-bond donors (Lipinski definition) is 1. The van der Waals surface area contributed by atoms with Gasteiger partial charge in [-0.15, -0.1) is 0 Å². The Kier molecular flexibility index (Phi) is 7.93. The highest BCUT2D eigenvalue weighted by atomic mass is 32.2. The van der Waals surface area contributed by atoms with Crippen molar-refractivity contribution in [3.63, 3.8) is 0 Å². The first-order valence-electron chi connectivity index (χ1n) is 12.6. The Morgan fingerprint density at radius 3 is 2.17 bits per heavy atom. The molecule has 0 atom stereocenters. The summed E-state index contributed by atoms with van der Waals surface area (Å²) < 4.78 is 26.3. The van der Waals surface area contributed by atoms with Gasteiger partial charge in [-0.2, -0.15) is 0 Å². The number of carbonyl (C=O) groups is 3. The van der Waals surface area contributed by atoms with Crippen LogP contribution >= 0.6 is 11.8 Å². The summed E-state index contributed by atoms with van der Waals surface area (Å²) in [4.78, 5) is 39.1. The molecule has 0 aliphatic carbocycles. The van der Waals surface area contributed by atoms with Crippen LogP contribution in [0.3, 0.4) is 0 Å². The molecule has 0 bridgehead atoms. The molecule has 1 aliphatic heterocycles. The Morgan fingerprint density at radius 1 is 0.927 bits per heavy atom. The summed E-state index contributed by atoms with van der Waals surface area (Å²) in [6.45, 7) is 3.45. The van der Waals surface area contributed by atoms with E-state index in [2.05, 4.69) is 5.32 Å². The van der Waals surface area contributed by atoms with Crippen LogP contribution in [0.5, 0.6) is 17.2 Å². The quantitative estimate of drug-likeness (QED) is 0.237. The van der Waals surface area contributed by atoms with Crippen LogP contribution in [0, 0.1) is 19.7 Å². The SMILES string of the molecule is COc1ccc(Oc2ccc(-n3c(C)cc(/C=C4\SC(=O)N(CC(=O)Nc5ccc(F)cc5)C4=O)c3C)cc2)cc1. The highest BCUT2D eigenvalue weighted by molar-refractivity contribution is 8.18. The molecular formula is C31H26FN3O5S.